The average molecular weight is 561 g/mol. The largest absolute Gasteiger partial charge is 0.497 e. The minimum Gasteiger partial charge on any atom is -0.497 e. The Morgan fingerprint density at radius 1 is 0.975 bits per heavy atom. The van der Waals surface area contributed by atoms with Crippen LogP contribution >= 0.6 is 0 Å². The maximum Gasteiger partial charge on any atom is 0.416 e. The molecular weight excluding hydrogens is 529 g/mol. The second-order valence-electron chi connectivity index (χ2n) is 9.45. The zero-order valence-electron chi connectivity index (χ0n) is 22.5. The van der Waals surface area contributed by atoms with E-state index in [2.05, 4.69) is 4.98 Å². The highest BCUT2D eigenvalue weighted by atomic mass is 19.4. The summed E-state index contributed by atoms with van der Waals surface area (Å²) in [5.74, 6) is 1.06. The molecule has 1 saturated heterocycles. The summed E-state index contributed by atoms with van der Waals surface area (Å²) in [6.07, 6.45) is -3.18. The molecule has 0 atom stereocenters. The molecule has 1 aliphatic rings. The van der Waals surface area contributed by atoms with Crippen LogP contribution in [0.2, 0.25) is 0 Å². The van der Waals surface area contributed by atoms with Crippen LogP contribution in [0.15, 0.2) is 53.1 Å². The van der Waals surface area contributed by atoms with Crippen molar-refractivity contribution in [2.45, 2.75) is 32.7 Å². The van der Waals surface area contributed by atoms with Gasteiger partial charge in [-0.1, -0.05) is 24.3 Å². The van der Waals surface area contributed by atoms with Crippen LogP contribution in [-0.4, -0.2) is 71.9 Å². The van der Waals surface area contributed by atoms with Crippen molar-refractivity contribution in [1.82, 2.24) is 19.7 Å². The molecule has 0 aliphatic carbocycles. The van der Waals surface area contributed by atoms with Crippen molar-refractivity contribution in [2.75, 3.05) is 40.4 Å². The van der Waals surface area contributed by atoms with Gasteiger partial charge in [0.25, 0.3) is 5.91 Å². The molecule has 2 aromatic carbocycles. The van der Waals surface area contributed by atoms with Crippen LogP contribution in [0.3, 0.4) is 0 Å². The predicted molar refractivity (Wildman–Crippen MR) is 139 cm³/mol. The van der Waals surface area contributed by atoms with Gasteiger partial charge in [-0.3, -0.25) is 14.5 Å². The molecular formula is C28H31F3N4O5. The number of alkyl halides is 3. The lowest BCUT2D eigenvalue weighted by Crippen LogP contribution is -2.50. The molecule has 0 bridgehead atoms. The van der Waals surface area contributed by atoms with E-state index in [0.29, 0.717) is 49.8 Å². The first-order valence-electron chi connectivity index (χ1n) is 12.7. The molecule has 9 nitrogen and oxygen atoms in total. The van der Waals surface area contributed by atoms with Gasteiger partial charge in [0.1, 0.15) is 17.8 Å². The minimum absolute atomic E-state index is 0.0369. The maximum atomic E-state index is 13.3. The van der Waals surface area contributed by atoms with E-state index < -0.39 is 11.7 Å². The fourth-order valence-electron chi connectivity index (χ4n) is 4.55. The predicted octanol–water partition coefficient (Wildman–Crippen LogP) is 4.22. The second-order valence-corrected chi connectivity index (χ2v) is 9.45. The van der Waals surface area contributed by atoms with Crippen LogP contribution in [0.25, 0.3) is 0 Å². The van der Waals surface area contributed by atoms with Gasteiger partial charge < -0.3 is 23.7 Å². The van der Waals surface area contributed by atoms with Crippen molar-refractivity contribution in [1.29, 1.82) is 0 Å². The van der Waals surface area contributed by atoms with Gasteiger partial charge in [0.15, 0.2) is 5.69 Å². The number of carbonyl (C=O) groups excluding carboxylic acids is 2. The Morgan fingerprint density at radius 3 is 2.35 bits per heavy atom. The summed E-state index contributed by atoms with van der Waals surface area (Å²) in [6, 6.07) is 10.5. The van der Waals surface area contributed by atoms with Crippen LogP contribution in [0.1, 0.15) is 40.0 Å². The van der Waals surface area contributed by atoms with Crippen LogP contribution in [0.5, 0.6) is 11.5 Å². The van der Waals surface area contributed by atoms with Gasteiger partial charge in [-0.25, -0.2) is 4.98 Å². The van der Waals surface area contributed by atoms with E-state index in [0.717, 1.165) is 17.7 Å². The number of ether oxygens (including phenoxy) is 2. The van der Waals surface area contributed by atoms with Crippen molar-refractivity contribution >= 4 is 11.8 Å². The summed E-state index contributed by atoms with van der Waals surface area (Å²) in [5, 5.41) is 0. The Morgan fingerprint density at radius 2 is 1.70 bits per heavy atom. The Hall–Kier alpha value is -4.06. The fourth-order valence-corrected chi connectivity index (χ4v) is 4.55. The smallest absolute Gasteiger partial charge is 0.416 e. The number of oxazole rings is 1. The molecule has 0 N–H and O–H groups in total. The molecule has 4 rings (SSSR count). The molecule has 1 fully saturated rings. The zero-order chi connectivity index (χ0) is 28.9. The molecule has 0 unspecified atom stereocenters. The molecule has 3 aromatic rings. The quantitative estimate of drug-likeness (QED) is 0.387. The highest BCUT2D eigenvalue weighted by Gasteiger charge is 2.31. The SMILES string of the molecule is COc1ccc(CN(Cc2cccc(C(F)(F)F)c2)Cc2nc(C(=O)N3CCN(C(C)=O)CC3)co2)c(OC)c1. The molecule has 2 heterocycles. The monoisotopic (exact) mass is 560 g/mol. The van der Waals surface area contributed by atoms with Crippen molar-refractivity contribution in [3.05, 3.63) is 77.0 Å². The third-order valence-electron chi connectivity index (χ3n) is 6.69. The van der Waals surface area contributed by atoms with E-state index in [1.807, 2.05) is 11.0 Å². The van der Waals surface area contributed by atoms with Gasteiger partial charge in [0, 0.05) is 57.8 Å². The van der Waals surface area contributed by atoms with Crippen molar-refractivity contribution in [2.24, 2.45) is 0 Å². The van der Waals surface area contributed by atoms with E-state index in [-0.39, 0.29) is 36.5 Å². The van der Waals surface area contributed by atoms with Crippen LogP contribution in [0.4, 0.5) is 13.2 Å². The summed E-state index contributed by atoms with van der Waals surface area (Å²) in [7, 11) is 3.07. The first-order valence-corrected chi connectivity index (χ1v) is 12.7. The number of aromatic nitrogens is 1. The van der Waals surface area contributed by atoms with E-state index >= 15 is 0 Å². The number of hydrogen-bond acceptors (Lipinski definition) is 7. The second kappa shape index (κ2) is 12.4. The summed E-state index contributed by atoms with van der Waals surface area (Å²) in [6.45, 7) is 3.73. The van der Waals surface area contributed by atoms with E-state index in [9.17, 15) is 22.8 Å². The minimum atomic E-state index is -4.46. The van der Waals surface area contributed by atoms with Crippen LogP contribution in [0, 0.1) is 0 Å². The first kappa shape index (κ1) is 28.9. The summed E-state index contributed by atoms with van der Waals surface area (Å²) in [4.78, 5) is 34.1. The number of methoxy groups -OCH3 is 2. The third-order valence-corrected chi connectivity index (χ3v) is 6.69. The summed E-state index contributed by atoms with van der Waals surface area (Å²) >= 11 is 0. The molecule has 0 saturated carbocycles. The summed E-state index contributed by atoms with van der Waals surface area (Å²) in [5.41, 5.74) is 0.628. The van der Waals surface area contributed by atoms with E-state index in [1.54, 1.807) is 35.1 Å². The van der Waals surface area contributed by atoms with Gasteiger partial charge in [-0.05, 0) is 17.7 Å². The number of amides is 2. The Bertz CT molecular complexity index is 1340. The van der Waals surface area contributed by atoms with Gasteiger partial charge in [-0.15, -0.1) is 0 Å². The van der Waals surface area contributed by atoms with Gasteiger partial charge in [0.2, 0.25) is 11.8 Å². The number of halogens is 3. The Kier molecular flexibility index (Phi) is 8.98. The Balaban J connectivity index is 1.54. The van der Waals surface area contributed by atoms with Crippen molar-refractivity contribution in [3.63, 3.8) is 0 Å². The molecule has 0 spiro atoms. The number of piperazine rings is 1. The normalized spacial score (nSPS) is 14.0. The number of rotatable bonds is 9. The lowest BCUT2D eigenvalue weighted by molar-refractivity contribution is -0.137. The lowest BCUT2D eigenvalue weighted by atomic mass is 10.1. The molecule has 40 heavy (non-hydrogen) atoms. The number of benzene rings is 2. The topological polar surface area (TPSA) is 88.4 Å². The molecule has 1 aromatic heterocycles. The fraction of sp³-hybridized carbons (Fsp3) is 0.393. The van der Waals surface area contributed by atoms with Gasteiger partial charge in [-0.2, -0.15) is 13.2 Å². The number of nitrogens with zero attached hydrogens (tertiary/aromatic N) is 4. The third kappa shape index (κ3) is 7.12. The van der Waals surface area contributed by atoms with Crippen LogP contribution < -0.4 is 9.47 Å². The van der Waals surface area contributed by atoms with Crippen molar-refractivity contribution in [3.8, 4) is 11.5 Å². The molecule has 12 heteroatoms. The standard InChI is InChI=1S/C28H31F3N4O5/c1-19(36)34-9-11-35(12-10-34)27(37)24-18-40-26(32-24)17-33(15-20-5-4-6-22(13-20)28(29,30)31)16-21-7-8-23(38-2)14-25(21)39-3/h4-8,13-14,18H,9-12,15-17H2,1-3H3. The Labute approximate surface area is 230 Å². The molecule has 2 amide bonds. The summed E-state index contributed by atoms with van der Waals surface area (Å²) < 4.78 is 56.4. The number of carbonyl (C=O) groups is 2. The van der Waals surface area contributed by atoms with E-state index in [1.165, 1.54) is 26.4 Å². The lowest BCUT2D eigenvalue weighted by Gasteiger charge is -2.33. The number of hydrogen-bond donors (Lipinski definition) is 0. The van der Waals surface area contributed by atoms with E-state index in [4.69, 9.17) is 13.9 Å². The van der Waals surface area contributed by atoms with Crippen molar-refractivity contribution < 1.29 is 36.7 Å². The molecule has 1 aliphatic heterocycles. The highest BCUT2D eigenvalue weighted by molar-refractivity contribution is 5.92. The molecule has 214 valence electrons. The average Bonchev–Trinajstić information content (AvgIpc) is 3.41. The molecule has 0 radical (unpaired) electrons. The van der Waals surface area contributed by atoms with Gasteiger partial charge in [0.05, 0.1) is 26.3 Å². The zero-order valence-corrected chi connectivity index (χ0v) is 22.5. The highest BCUT2D eigenvalue weighted by Crippen LogP contribution is 2.31. The first-order chi connectivity index (χ1) is 19.1. The van der Waals surface area contributed by atoms with Gasteiger partial charge >= 0.3 is 6.18 Å². The maximum absolute atomic E-state index is 13.3. The van der Waals surface area contributed by atoms with Crippen LogP contribution in [-0.2, 0) is 30.6 Å².